The normalized spacial score (nSPS) is 15.0. The summed E-state index contributed by atoms with van der Waals surface area (Å²) in [7, 11) is 0. The number of Topliss-reactive ketones (excluding diaryl/α,β-unsaturated/α-hetero) is 1. The van der Waals surface area contributed by atoms with Crippen LogP contribution in [0.2, 0.25) is 0 Å². The Hall–Kier alpha value is -1.58. The molecule has 0 saturated carbocycles. The summed E-state index contributed by atoms with van der Waals surface area (Å²) in [4.78, 5) is 10.9. The maximum absolute atomic E-state index is 12.8. The topological polar surface area (TPSA) is 46.5 Å². The van der Waals surface area contributed by atoms with E-state index in [9.17, 15) is 9.18 Å². The van der Waals surface area contributed by atoms with Gasteiger partial charge in [0.2, 0.25) is 0 Å². The van der Waals surface area contributed by atoms with Crippen molar-refractivity contribution in [1.82, 2.24) is 0 Å². The van der Waals surface area contributed by atoms with Gasteiger partial charge in [0.25, 0.3) is 0 Å². The van der Waals surface area contributed by atoms with E-state index in [1.807, 2.05) is 0 Å². The molecule has 1 heterocycles. The van der Waals surface area contributed by atoms with Crippen molar-refractivity contribution < 1.29 is 19.0 Å². The maximum Gasteiger partial charge on any atom is 0.174 e. The van der Waals surface area contributed by atoms with Gasteiger partial charge in [0.15, 0.2) is 17.3 Å². The molecule has 2 rings (SSSR count). The number of ether oxygens (including phenoxy) is 1. The number of ketones is 1. The molecule has 1 aliphatic rings. The fourth-order valence-electron chi connectivity index (χ4n) is 1.28. The number of halogens is 1. The summed E-state index contributed by atoms with van der Waals surface area (Å²) in [6.45, 7) is -0.0167. The number of phenols is 1. The van der Waals surface area contributed by atoms with Gasteiger partial charge in [0, 0.05) is 18.1 Å². The first-order valence-electron chi connectivity index (χ1n) is 3.82. The van der Waals surface area contributed by atoms with Crippen LogP contribution in [-0.2, 0) is 11.2 Å². The Morgan fingerprint density at radius 3 is 3.00 bits per heavy atom. The van der Waals surface area contributed by atoms with Crippen LogP contribution in [0, 0.1) is 5.82 Å². The molecule has 0 spiro atoms. The highest BCUT2D eigenvalue weighted by Crippen LogP contribution is 2.29. The zero-order chi connectivity index (χ0) is 9.42. The first-order chi connectivity index (χ1) is 6.16. The molecular weight excluding hydrogens is 175 g/mol. The van der Waals surface area contributed by atoms with E-state index in [0.717, 1.165) is 6.07 Å². The molecule has 0 amide bonds. The SMILES string of the molecule is O=C1COc2cc(F)c(O)cc2C1. The lowest BCUT2D eigenvalue weighted by molar-refractivity contribution is -0.121. The lowest BCUT2D eigenvalue weighted by atomic mass is 10.1. The fraction of sp³-hybridized carbons (Fsp3) is 0.222. The van der Waals surface area contributed by atoms with Gasteiger partial charge < -0.3 is 9.84 Å². The fourth-order valence-corrected chi connectivity index (χ4v) is 1.28. The second-order valence-electron chi connectivity index (χ2n) is 2.92. The molecule has 1 aromatic carbocycles. The summed E-state index contributed by atoms with van der Waals surface area (Å²) in [5.41, 5.74) is 0.537. The quantitative estimate of drug-likeness (QED) is 0.652. The van der Waals surface area contributed by atoms with Gasteiger partial charge in [-0.1, -0.05) is 0 Å². The van der Waals surface area contributed by atoms with Gasteiger partial charge in [0.05, 0.1) is 0 Å². The minimum atomic E-state index is -0.729. The van der Waals surface area contributed by atoms with Gasteiger partial charge in [-0.3, -0.25) is 4.79 Å². The van der Waals surface area contributed by atoms with E-state index in [4.69, 9.17) is 9.84 Å². The van der Waals surface area contributed by atoms with E-state index in [1.165, 1.54) is 6.07 Å². The summed E-state index contributed by atoms with van der Waals surface area (Å²) in [6.07, 6.45) is 0.198. The molecule has 0 fully saturated rings. The Labute approximate surface area is 73.8 Å². The third kappa shape index (κ3) is 1.35. The summed E-state index contributed by atoms with van der Waals surface area (Å²) in [5.74, 6) is -0.904. The average molecular weight is 182 g/mol. The number of benzene rings is 1. The lowest BCUT2D eigenvalue weighted by Gasteiger charge is -2.16. The highest BCUT2D eigenvalue weighted by Gasteiger charge is 2.18. The third-order valence-corrected chi connectivity index (χ3v) is 1.91. The van der Waals surface area contributed by atoms with Crippen LogP contribution in [-0.4, -0.2) is 17.5 Å². The maximum atomic E-state index is 12.8. The second-order valence-corrected chi connectivity index (χ2v) is 2.92. The van der Waals surface area contributed by atoms with Crippen molar-refractivity contribution in [2.24, 2.45) is 0 Å². The zero-order valence-corrected chi connectivity index (χ0v) is 6.71. The molecule has 0 radical (unpaired) electrons. The molecule has 1 aliphatic heterocycles. The molecule has 1 N–H and O–H groups in total. The van der Waals surface area contributed by atoms with Gasteiger partial charge in [-0.25, -0.2) is 4.39 Å². The molecule has 4 heteroatoms. The number of fused-ring (bicyclic) bond motifs is 1. The van der Waals surface area contributed by atoms with Gasteiger partial charge in [-0.2, -0.15) is 0 Å². The number of hydrogen-bond acceptors (Lipinski definition) is 3. The summed E-state index contributed by atoms with van der Waals surface area (Å²) >= 11 is 0. The van der Waals surface area contributed by atoms with Crippen molar-refractivity contribution in [1.29, 1.82) is 0 Å². The molecule has 0 atom stereocenters. The van der Waals surface area contributed by atoms with Crippen LogP contribution in [0.1, 0.15) is 5.56 Å². The molecule has 3 nitrogen and oxygen atoms in total. The number of carbonyl (C=O) groups excluding carboxylic acids is 1. The van der Waals surface area contributed by atoms with Gasteiger partial charge in [0.1, 0.15) is 12.4 Å². The third-order valence-electron chi connectivity index (χ3n) is 1.91. The predicted octanol–water partition coefficient (Wildman–Crippen LogP) is 1.04. The van der Waals surface area contributed by atoms with Crippen molar-refractivity contribution in [2.75, 3.05) is 6.61 Å². The smallest absolute Gasteiger partial charge is 0.174 e. The number of carbonyl (C=O) groups is 1. The molecule has 13 heavy (non-hydrogen) atoms. The lowest BCUT2D eigenvalue weighted by Crippen LogP contribution is -2.20. The van der Waals surface area contributed by atoms with E-state index >= 15 is 0 Å². The number of rotatable bonds is 0. The van der Waals surface area contributed by atoms with Gasteiger partial charge >= 0.3 is 0 Å². The van der Waals surface area contributed by atoms with Crippen LogP contribution in [0.4, 0.5) is 4.39 Å². The van der Waals surface area contributed by atoms with E-state index in [-0.39, 0.29) is 18.8 Å². The van der Waals surface area contributed by atoms with Crippen molar-refractivity contribution in [3.63, 3.8) is 0 Å². The van der Waals surface area contributed by atoms with Crippen LogP contribution in [0.3, 0.4) is 0 Å². The van der Waals surface area contributed by atoms with Crippen molar-refractivity contribution >= 4 is 5.78 Å². The van der Waals surface area contributed by atoms with Crippen LogP contribution in [0.5, 0.6) is 11.5 Å². The molecule has 0 saturated heterocycles. The Morgan fingerprint density at radius 2 is 2.23 bits per heavy atom. The van der Waals surface area contributed by atoms with Crippen LogP contribution in [0.25, 0.3) is 0 Å². The summed E-state index contributed by atoms with van der Waals surface area (Å²) < 4.78 is 17.8. The summed E-state index contributed by atoms with van der Waals surface area (Å²) in [6, 6.07) is 2.32. The standard InChI is InChI=1S/C9H7FO3/c10-7-3-9-5(2-8(7)12)1-6(11)4-13-9/h2-3,12H,1,4H2. The first-order valence-corrected chi connectivity index (χ1v) is 3.82. The Bertz CT molecular complexity index is 373. The molecular formula is C9H7FO3. The van der Waals surface area contributed by atoms with Crippen LogP contribution in [0.15, 0.2) is 12.1 Å². The minimum absolute atomic E-state index is 0.0167. The number of phenolic OH excluding ortho intramolecular Hbond substituents is 1. The molecule has 0 bridgehead atoms. The number of hydrogen-bond donors (Lipinski definition) is 1. The van der Waals surface area contributed by atoms with E-state index < -0.39 is 11.6 Å². The summed E-state index contributed by atoms with van der Waals surface area (Å²) in [5, 5.41) is 9.02. The van der Waals surface area contributed by atoms with Gasteiger partial charge in [-0.05, 0) is 6.07 Å². The average Bonchev–Trinajstić information content (AvgIpc) is 2.08. The highest BCUT2D eigenvalue weighted by atomic mass is 19.1. The molecule has 0 aromatic heterocycles. The minimum Gasteiger partial charge on any atom is -0.505 e. The van der Waals surface area contributed by atoms with E-state index in [1.54, 1.807) is 0 Å². The van der Waals surface area contributed by atoms with Gasteiger partial charge in [-0.15, -0.1) is 0 Å². The molecule has 0 unspecified atom stereocenters. The van der Waals surface area contributed by atoms with E-state index in [0.29, 0.717) is 11.3 Å². The molecule has 1 aromatic rings. The van der Waals surface area contributed by atoms with Crippen molar-refractivity contribution in [3.05, 3.63) is 23.5 Å². The van der Waals surface area contributed by atoms with Crippen LogP contribution < -0.4 is 4.74 Å². The largest absolute Gasteiger partial charge is 0.505 e. The Balaban J connectivity index is 2.49. The predicted molar refractivity (Wildman–Crippen MR) is 42.3 cm³/mol. The monoisotopic (exact) mass is 182 g/mol. The molecule has 0 aliphatic carbocycles. The first kappa shape index (κ1) is 8.04. The second kappa shape index (κ2) is 2.73. The van der Waals surface area contributed by atoms with Crippen LogP contribution >= 0.6 is 0 Å². The highest BCUT2D eigenvalue weighted by molar-refractivity contribution is 5.84. The Kier molecular flexibility index (Phi) is 1.69. The van der Waals surface area contributed by atoms with Crippen molar-refractivity contribution in [3.8, 4) is 11.5 Å². The van der Waals surface area contributed by atoms with E-state index in [2.05, 4.69) is 0 Å². The van der Waals surface area contributed by atoms with Crippen molar-refractivity contribution in [2.45, 2.75) is 6.42 Å². The molecule has 68 valence electrons. The zero-order valence-electron chi connectivity index (χ0n) is 6.71. The number of aromatic hydroxyl groups is 1. The Morgan fingerprint density at radius 1 is 1.46 bits per heavy atom.